The molecule has 1 fully saturated rings. The van der Waals surface area contributed by atoms with Crippen molar-refractivity contribution in [2.45, 2.75) is 25.6 Å². The fourth-order valence-electron chi connectivity index (χ4n) is 1.46. The number of hydrogen-bond acceptors (Lipinski definition) is 5. The molecule has 1 aromatic heterocycles. The highest BCUT2D eigenvalue weighted by Gasteiger charge is 2.25. The lowest BCUT2D eigenvalue weighted by Gasteiger charge is -2.12. The predicted octanol–water partition coefficient (Wildman–Crippen LogP) is 0.301. The van der Waals surface area contributed by atoms with Crippen LogP contribution in [0.2, 0.25) is 0 Å². The van der Waals surface area contributed by atoms with Crippen molar-refractivity contribution in [3.05, 3.63) is 16.1 Å². The van der Waals surface area contributed by atoms with E-state index in [1.807, 2.05) is 12.3 Å². The van der Waals surface area contributed by atoms with E-state index < -0.39 is 0 Å². The molecule has 2 N–H and O–H groups in total. The zero-order valence-electron chi connectivity index (χ0n) is 8.06. The summed E-state index contributed by atoms with van der Waals surface area (Å²) in [6.45, 7) is 3.72. The molecule has 1 aliphatic rings. The van der Waals surface area contributed by atoms with Gasteiger partial charge in [0.1, 0.15) is 0 Å². The summed E-state index contributed by atoms with van der Waals surface area (Å²) >= 11 is 1.64. The Kier molecular flexibility index (Phi) is 3.12. The van der Waals surface area contributed by atoms with Crippen LogP contribution in [0.25, 0.3) is 0 Å². The molecule has 1 saturated heterocycles. The van der Waals surface area contributed by atoms with E-state index in [0.29, 0.717) is 19.8 Å². The molecule has 1 aliphatic heterocycles. The molecule has 4 nitrogen and oxygen atoms in total. The lowest BCUT2D eigenvalue weighted by molar-refractivity contribution is 0.122. The third kappa shape index (κ3) is 2.30. The lowest BCUT2D eigenvalue weighted by Crippen LogP contribution is -2.38. The summed E-state index contributed by atoms with van der Waals surface area (Å²) in [6.07, 6.45) is -0.380. The van der Waals surface area contributed by atoms with Crippen molar-refractivity contribution >= 4 is 11.3 Å². The molecule has 2 atom stereocenters. The van der Waals surface area contributed by atoms with Crippen LogP contribution in [0.5, 0.6) is 0 Å². The highest BCUT2D eigenvalue weighted by atomic mass is 32.1. The molecule has 2 rings (SSSR count). The summed E-state index contributed by atoms with van der Waals surface area (Å²) in [7, 11) is 0. The molecule has 14 heavy (non-hydrogen) atoms. The zero-order valence-corrected chi connectivity index (χ0v) is 8.88. The molecule has 1 aromatic rings. The Hall–Kier alpha value is -0.490. The molecule has 0 saturated carbocycles. The third-order valence-corrected chi connectivity index (χ3v) is 3.08. The number of nitrogens with zero attached hydrogens (tertiary/aromatic N) is 1. The Bertz CT molecular complexity index is 303. The largest absolute Gasteiger partial charge is 0.389 e. The maximum atomic E-state index is 9.47. The van der Waals surface area contributed by atoms with Crippen molar-refractivity contribution in [1.29, 1.82) is 0 Å². The summed E-state index contributed by atoms with van der Waals surface area (Å²) in [6, 6.07) is 0.0528. The smallest absolute Gasteiger partial charge is 0.0948 e. The molecule has 0 spiro atoms. The van der Waals surface area contributed by atoms with E-state index in [9.17, 15) is 5.11 Å². The number of aromatic nitrogens is 1. The molecule has 5 heteroatoms. The average molecular weight is 214 g/mol. The van der Waals surface area contributed by atoms with Crippen molar-refractivity contribution in [3.8, 4) is 0 Å². The molecule has 2 unspecified atom stereocenters. The second-order valence-electron chi connectivity index (χ2n) is 3.45. The molecule has 2 heterocycles. The number of hydrogen-bond donors (Lipinski definition) is 2. The third-order valence-electron chi connectivity index (χ3n) is 2.26. The first-order valence-corrected chi connectivity index (χ1v) is 5.54. The van der Waals surface area contributed by atoms with Crippen LogP contribution in [0, 0.1) is 6.92 Å². The van der Waals surface area contributed by atoms with E-state index >= 15 is 0 Å². The Labute approximate surface area is 86.9 Å². The van der Waals surface area contributed by atoms with Gasteiger partial charge in [-0.1, -0.05) is 0 Å². The van der Waals surface area contributed by atoms with Crippen LogP contribution in [0.1, 0.15) is 10.7 Å². The van der Waals surface area contributed by atoms with Crippen LogP contribution in [0.3, 0.4) is 0 Å². The highest BCUT2D eigenvalue weighted by molar-refractivity contribution is 7.09. The monoisotopic (exact) mass is 214 g/mol. The van der Waals surface area contributed by atoms with Gasteiger partial charge in [-0.3, -0.25) is 0 Å². The average Bonchev–Trinajstić information content (AvgIpc) is 2.72. The SMILES string of the molecule is Cc1nc(CNC2COCC2O)cs1. The minimum absolute atomic E-state index is 0.0528. The van der Waals surface area contributed by atoms with Crippen molar-refractivity contribution in [1.82, 2.24) is 10.3 Å². The Morgan fingerprint density at radius 3 is 3.14 bits per heavy atom. The van der Waals surface area contributed by atoms with E-state index in [0.717, 1.165) is 10.7 Å². The first kappa shape index (κ1) is 10.0. The fourth-order valence-corrected chi connectivity index (χ4v) is 2.08. The van der Waals surface area contributed by atoms with Gasteiger partial charge < -0.3 is 15.2 Å². The molecule has 78 valence electrons. The Morgan fingerprint density at radius 1 is 1.71 bits per heavy atom. The van der Waals surface area contributed by atoms with Gasteiger partial charge in [0.05, 0.1) is 36.1 Å². The van der Waals surface area contributed by atoms with E-state index in [1.54, 1.807) is 11.3 Å². The van der Waals surface area contributed by atoms with Crippen LogP contribution in [-0.2, 0) is 11.3 Å². The molecule has 0 aromatic carbocycles. The molecular weight excluding hydrogens is 200 g/mol. The quantitative estimate of drug-likeness (QED) is 0.760. The van der Waals surface area contributed by atoms with Crippen LogP contribution in [-0.4, -0.2) is 35.5 Å². The van der Waals surface area contributed by atoms with Gasteiger partial charge in [-0.15, -0.1) is 11.3 Å². The van der Waals surface area contributed by atoms with Crippen LogP contribution in [0.15, 0.2) is 5.38 Å². The predicted molar refractivity (Wildman–Crippen MR) is 54.3 cm³/mol. The molecular formula is C9H14N2O2S. The number of aliphatic hydroxyl groups is 1. The Balaban J connectivity index is 1.82. The van der Waals surface area contributed by atoms with Gasteiger partial charge in [-0.25, -0.2) is 4.98 Å². The van der Waals surface area contributed by atoms with Crippen LogP contribution in [0.4, 0.5) is 0 Å². The summed E-state index contributed by atoms with van der Waals surface area (Å²) in [5.74, 6) is 0. The van der Waals surface area contributed by atoms with Crippen molar-refractivity contribution in [2.24, 2.45) is 0 Å². The summed E-state index contributed by atoms with van der Waals surface area (Å²) in [5, 5.41) is 15.8. The number of aryl methyl sites for hydroxylation is 1. The standard InChI is InChI=1S/C9H14N2O2S/c1-6-11-7(5-14-6)2-10-8-3-13-4-9(8)12/h5,8-10,12H,2-4H2,1H3. The molecule has 0 aliphatic carbocycles. The maximum absolute atomic E-state index is 9.47. The van der Waals surface area contributed by atoms with Crippen LogP contribution < -0.4 is 5.32 Å². The Morgan fingerprint density at radius 2 is 2.57 bits per heavy atom. The number of rotatable bonds is 3. The van der Waals surface area contributed by atoms with Crippen molar-refractivity contribution in [3.63, 3.8) is 0 Å². The van der Waals surface area contributed by atoms with Gasteiger partial charge in [0.25, 0.3) is 0 Å². The maximum Gasteiger partial charge on any atom is 0.0948 e. The first-order valence-electron chi connectivity index (χ1n) is 4.66. The highest BCUT2D eigenvalue weighted by Crippen LogP contribution is 2.09. The normalized spacial score (nSPS) is 27.0. The summed E-state index contributed by atoms with van der Waals surface area (Å²) < 4.78 is 5.13. The van der Waals surface area contributed by atoms with Gasteiger partial charge in [0.15, 0.2) is 0 Å². The number of nitrogens with one attached hydrogen (secondary N) is 1. The van der Waals surface area contributed by atoms with E-state index in [2.05, 4.69) is 10.3 Å². The number of thiazole rings is 1. The van der Waals surface area contributed by atoms with Crippen LogP contribution >= 0.6 is 11.3 Å². The summed E-state index contributed by atoms with van der Waals surface area (Å²) in [4.78, 5) is 4.33. The van der Waals surface area contributed by atoms with E-state index in [1.165, 1.54) is 0 Å². The number of aliphatic hydroxyl groups excluding tert-OH is 1. The van der Waals surface area contributed by atoms with Gasteiger partial charge in [0, 0.05) is 11.9 Å². The second-order valence-corrected chi connectivity index (χ2v) is 4.51. The minimum atomic E-state index is -0.380. The number of ether oxygens (including phenoxy) is 1. The van der Waals surface area contributed by atoms with E-state index in [4.69, 9.17) is 4.74 Å². The van der Waals surface area contributed by atoms with Gasteiger partial charge >= 0.3 is 0 Å². The second kappa shape index (κ2) is 4.35. The fraction of sp³-hybridized carbons (Fsp3) is 0.667. The molecule has 0 bridgehead atoms. The topological polar surface area (TPSA) is 54.4 Å². The molecule has 0 amide bonds. The summed E-state index contributed by atoms with van der Waals surface area (Å²) in [5.41, 5.74) is 1.03. The van der Waals surface area contributed by atoms with Crippen molar-refractivity contribution in [2.75, 3.05) is 13.2 Å². The van der Waals surface area contributed by atoms with Crippen molar-refractivity contribution < 1.29 is 9.84 Å². The van der Waals surface area contributed by atoms with E-state index in [-0.39, 0.29) is 12.1 Å². The minimum Gasteiger partial charge on any atom is -0.389 e. The zero-order chi connectivity index (χ0) is 9.97. The van der Waals surface area contributed by atoms with Gasteiger partial charge in [0.2, 0.25) is 0 Å². The van der Waals surface area contributed by atoms with Gasteiger partial charge in [-0.2, -0.15) is 0 Å². The molecule has 0 radical (unpaired) electrons. The van der Waals surface area contributed by atoms with Gasteiger partial charge in [-0.05, 0) is 6.92 Å². The lowest BCUT2D eigenvalue weighted by atomic mass is 10.2. The first-order chi connectivity index (χ1) is 6.75.